The highest BCUT2D eigenvalue weighted by Gasteiger charge is 2.33. The van der Waals surface area contributed by atoms with Crippen LogP contribution in [0.5, 0.6) is 5.75 Å². The Labute approximate surface area is 138 Å². The number of halogens is 1. The second-order valence-electron chi connectivity index (χ2n) is 6.13. The fraction of sp³-hybridized carbons (Fsp3) is 0.588. The molecule has 1 amide bonds. The van der Waals surface area contributed by atoms with Crippen molar-refractivity contribution in [2.24, 2.45) is 0 Å². The number of carbonyl (C=O) groups excluding carboxylic acids is 1. The van der Waals surface area contributed by atoms with Crippen LogP contribution in [0.2, 0.25) is 0 Å². The van der Waals surface area contributed by atoms with Crippen molar-refractivity contribution in [3.8, 4) is 5.75 Å². The van der Waals surface area contributed by atoms with Gasteiger partial charge in [0.2, 0.25) is 5.91 Å². The van der Waals surface area contributed by atoms with Gasteiger partial charge in [0.05, 0.1) is 13.0 Å². The summed E-state index contributed by atoms with van der Waals surface area (Å²) in [6.07, 6.45) is 5.12. The van der Waals surface area contributed by atoms with Crippen LogP contribution in [-0.2, 0) is 11.2 Å². The second kappa shape index (κ2) is 7.84. The van der Waals surface area contributed by atoms with Gasteiger partial charge in [0, 0.05) is 18.1 Å². The molecule has 122 valence electrons. The third-order valence-electron chi connectivity index (χ3n) is 4.44. The Morgan fingerprint density at radius 2 is 1.86 bits per heavy atom. The number of hydrogen-bond acceptors (Lipinski definition) is 3. The number of ether oxygens (including phenoxy) is 1. The van der Waals surface area contributed by atoms with E-state index in [1.807, 2.05) is 31.2 Å². The molecule has 22 heavy (non-hydrogen) atoms. The van der Waals surface area contributed by atoms with E-state index in [9.17, 15) is 4.79 Å². The van der Waals surface area contributed by atoms with Crippen molar-refractivity contribution in [2.45, 2.75) is 57.2 Å². The number of rotatable bonds is 5. The van der Waals surface area contributed by atoms with Crippen LogP contribution in [0.3, 0.4) is 0 Å². The maximum absolute atomic E-state index is 12.2. The fourth-order valence-corrected chi connectivity index (χ4v) is 3.51. The summed E-state index contributed by atoms with van der Waals surface area (Å²) in [6, 6.07) is 9.36. The average Bonchev–Trinajstić information content (AvgIpc) is 2.80. The first-order valence-corrected chi connectivity index (χ1v) is 8.00. The minimum Gasteiger partial charge on any atom is -0.494 e. The van der Waals surface area contributed by atoms with E-state index in [0.29, 0.717) is 31.2 Å². The van der Waals surface area contributed by atoms with Gasteiger partial charge in [-0.3, -0.25) is 4.79 Å². The molecule has 1 aromatic carbocycles. The van der Waals surface area contributed by atoms with Crippen molar-refractivity contribution in [1.82, 2.24) is 10.6 Å². The average molecular weight is 325 g/mol. The summed E-state index contributed by atoms with van der Waals surface area (Å²) < 4.78 is 5.41. The Kier molecular flexibility index (Phi) is 6.09. The quantitative estimate of drug-likeness (QED) is 0.874. The smallest absolute Gasteiger partial charge is 0.224 e. The predicted octanol–water partition coefficient (Wildman–Crippen LogP) is 2.45. The highest BCUT2D eigenvalue weighted by molar-refractivity contribution is 5.85. The van der Waals surface area contributed by atoms with Gasteiger partial charge < -0.3 is 15.4 Å². The lowest BCUT2D eigenvalue weighted by Crippen LogP contribution is -2.48. The SMILES string of the molecule is CCOc1ccc(CC(=O)NC2CC3CCC(C2)N3)cc1.Cl. The predicted molar refractivity (Wildman–Crippen MR) is 89.7 cm³/mol. The topological polar surface area (TPSA) is 50.4 Å². The molecule has 5 heteroatoms. The molecule has 2 unspecified atom stereocenters. The van der Waals surface area contributed by atoms with Gasteiger partial charge in [0.15, 0.2) is 0 Å². The van der Waals surface area contributed by atoms with Crippen LogP contribution in [-0.4, -0.2) is 30.6 Å². The van der Waals surface area contributed by atoms with Gasteiger partial charge in [-0.2, -0.15) is 0 Å². The standard InChI is InChI=1S/C17H24N2O2.ClH/c1-2-21-16-7-3-12(4-8-16)9-17(20)19-15-10-13-5-6-14(11-15)18-13;/h3-4,7-8,13-15,18H,2,5-6,9-11H2,1H3,(H,19,20);1H. The van der Waals surface area contributed by atoms with Crippen molar-refractivity contribution >= 4 is 18.3 Å². The van der Waals surface area contributed by atoms with Gasteiger partial charge in [-0.1, -0.05) is 12.1 Å². The van der Waals surface area contributed by atoms with Crippen molar-refractivity contribution in [3.63, 3.8) is 0 Å². The van der Waals surface area contributed by atoms with Crippen LogP contribution in [0, 0.1) is 0 Å². The number of fused-ring (bicyclic) bond motifs is 2. The summed E-state index contributed by atoms with van der Waals surface area (Å²) >= 11 is 0. The van der Waals surface area contributed by atoms with Gasteiger partial charge >= 0.3 is 0 Å². The maximum atomic E-state index is 12.2. The van der Waals surface area contributed by atoms with Crippen LogP contribution in [0.15, 0.2) is 24.3 Å². The monoisotopic (exact) mass is 324 g/mol. The first-order valence-electron chi connectivity index (χ1n) is 8.00. The molecule has 0 aliphatic carbocycles. The van der Waals surface area contributed by atoms with E-state index in [1.54, 1.807) is 0 Å². The zero-order valence-corrected chi connectivity index (χ0v) is 13.8. The lowest BCUT2D eigenvalue weighted by molar-refractivity contribution is -0.121. The molecule has 0 radical (unpaired) electrons. The van der Waals surface area contributed by atoms with E-state index < -0.39 is 0 Å². The van der Waals surface area contributed by atoms with Crippen molar-refractivity contribution in [1.29, 1.82) is 0 Å². The van der Waals surface area contributed by atoms with E-state index in [2.05, 4.69) is 10.6 Å². The number of hydrogen-bond donors (Lipinski definition) is 2. The molecule has 2 bridgehead atoms. The molecule has 0 aromatic heterocycles. The molecule has 1 aromatic rings. The molecule has 0 saturated carbocycles. The van der Waals surface area contributed by atoms with Crippen molar-refractivity contribution in [3.05, 3.63) is 29.8 Å². The zero-order chi connectivity index (χ0) is 14.7. The molecule has 2 aliphatic rings. The molecular weight excluding hydrogens is 300 g/mol. The van der Waals surface area contributed by atoms with Gasteiger partial charge in [0.1, 0.15) is 5.75 Å². The summed E-state index contributed by atoms with van der Waals surface area (Å²) in [7, 11) is 0. The second-order valence-corrected chi connectivity index (χ2v) is 6.13. The number of benzene rings is 1. The summed E-state index contributed by atoms with van der Waals surface area (Å²) in [5.41, 5.74) is 1.04. The Morgan fingerprint density at radius 1 is 1.23 bits per heavy atom. The molecular formula is C17H25ClN2O2. The highest BCUT2D eigenvalue weighted by Crippen LogP contribution is 2.26. The number of amides is 1. The first-order chi connectivity index (χ1) is 10.2. The largest absolute Gasteiger partial charge is 0.494 e. The molecule has 2 aliphatic heterocycles. The van der Waals surface area contributed by atoms with Gasteiger partial charge in [-0.05, 0) is 50.3 Å². The lowest BCUT2D eigenvalue weighted by atomic mass is 9.99. The molecule has 4 nitrogen and oxygen atoms in total. The zero-order valence-electron chi connectivity index (χ0n) is 13.0. The van der Waals surface area contributed by atoms with Crippen LogP contribution < -0.4 is 15.4 Å². The van der Waals surface area contributed by atoms with Crippen LogP contribution >= 0.6 is 12.4 Å². The third kappa shape index (κ3) is 4.37. The molecule has 2 fully saturated rings. The fourth-order valence-electron chi connectivity index (χ4n) is 3.51. The van der Waals surface area contributed by atoms with E-state index >= 15 is 0 Å². The summed E-state index contributed by atoms with van der Waals surface area (Å²) in [5.74, 6) is 0.988. The Balaban J connectivity index is 0.00000176. The highest BCUT2D eigenvalue weighted by atomic mass is 35.5. The van der Waals surface area contributed by atoms with Gasteiger partial charge in [0.25, 0.3) is 0 Å². The minimum absolute atomic E-state index is 0. The van der Waals surface area contributed by atoms with Gasteiger partial charge in [-0.15, -0.1) is 12.4 Å². The Morgan fingerprint density at radius 3 is 2.45 bits per heavy atom. The molecule has 0 spiro atoms. The minimum atomic E-state index is 0. The summed E-state index contributed by atoms with van der Waals surface area (Å²) in [6.45, 7) is 2.63. The molecule has 2 atom stereocenters. The number of nitrogens with one attached hydrogen (secondary N) is 2. The third-order valence-corrected chi connectivity index (χ3v) is 4.44. The van der Waals surface area contributed by atoms with Gasteiger partial charge in [-0.25, -0.2) is 0 Å². The van der Waals surface area contributed by atoms with Crippen LogP contribution in [0.1, 0.15) is 38.2 Å². The molecule has 2 heterocycles. The van der Waals surface area contributed by atoms with Crippen molar-refractivity contribution < 1.29 is 9.53 Å². The Bertz CT molecular complexity index is 480. The number of carbonyl (C=O) groups is 1. The molecule has 3 rings (SSSR count). The van der Waals surface area contributed by atoms with Crippen LogP contribution in [0.4, 0.5) is 0 Å². The lowest BCUT2D eigenvalue weighted by Gasteiger charge is -2.29. The van der Waals surface area contributed by atoms with E-state index in [-0.39, 0.29) is 18.3 Å². The van der Waals surface area contributed by atoms with Crippen molar-refractivity contribution in [2.75, 3.05) is 6.61 Å². The molecule has 2 N–H and O–H groups in total. The van der Waals surface area contributed by atoms with Crippen LogP contribution in [0.25, 0.3) is 0 Å². The van der Waals surface area contributed by atoms with E-state index in [4.69, 9.17) is 4.74 Å². The first kappa shape index (κ1) is 17.1. The molecule has 2 saturated heterocycles. The number of piperidine rings is 1. The Hall–Kier alpha value is -1.26. The normalized spacial score (nSPS) is 26.1. The van der Waals surface area contributed by atoms with E-state index in [0.717, 1.165) is 24.2 Å². The summed E-state index contributed by atoms with van der Waals surface area (Å²) in [5, 5.41) is 6.79. The maximum Gasteiger partial charge on any atom is 0.224 e. The van der Waals surface area contributed by atoms with E-state index in [1.165, 1.54) is 12.8 Å². The summed E-state index contributed by atoms with van der Waals surface area (Å²) in [4.78, 5) is 12.2.